The Balaban J connectivity index is 2.04. The number of aliphatic hydroxyl groups is 2. The van der Waals surface area contributed by atoms with Crippen LogP contribution in [0, 0.1) is 0 Å². The largest absolute Gasteiger partial charge is 0.485 e. The van der Waals surface area contributed by atoms with Gasteiger partial charge in [-0.2, -0.15) is 8.42 Å². The predicted molar refractivity (Wildman–Crippen MR) is 87.0 cm³/mol. The quantitative estimate of drug-likeness (QED) is 0.523. The molecule has 136 valence electrons. The summed E-state index contributed by atoms with van der Waals surface area (Å²) >= 11 is 0. The number of benzene rings is 1. The van der Waals surface area contributed by atoms with E-state index in [-0.39, 0.29) is 13.0 Å². The van der Waals surface area contributed by atoms with Crippen molar-refractivity contribution in [2.45, 2.75) is 56.8 Å². The molecule has 0 aliphatic heterocycles. The minimum absolute atomic E-state index is 0.203. The first-order chi connectivity index (χ1) is 11.0. The maximum Gasteiger partial charge on any atom is 0.397 e. The molecule has 1 aliphatic rings. The molecule has 1 unspecified atom stereocenters. The summed E-state index contributed by atoms with van der Waals surface area (Å²) in [6, 6.07) is 6.88. The molecule has 1 aromatic carbocycles. The molecule has 3 N–H and O–H groups in total. The van der Waals surface area contributed by atoms with Crippen molar-refractivity contribution in [3.05, 3.63) is 29.8 Å². The molecule has 2 rings (SSSR count). The van der Waals surface area contributed by atoms with Gasteiger partial charge in [0.05, 0.1) is 6.61 Å². The molecular formula is C16H24O7S. The predicted octanol–water partition coefficient (Wildman–Crippen LogP) is 1.79. The second-order valence-electron chi connectivity index (χ2n) is 6.83. The van der Waals surface area contributed by atoms with Crippen LogP contribution in [0.25, 0.3) is 0 Å². The SMILES string of the molecule is CC(C)(COS(=O)(=O)O)c1ccc(OC2CCCCC2(O)O)cc1. The fraction of sp³-hybridized carbons (Fsp3) is 0.625. The smallest absolute Gasteiger partial charge is 0.397 e. The van der Waals surface area contributed by atoms with Crippen LogP contribution in [-0.2, 0) is 20.0 Å². The van der Waals surface area contributed by atoms with Crippen molar-refractivity contribution in [1.82, 2.24) is 0 Å². The molecule has 8 heteroatoms. The Hall–Kier alpha value is -1.19. The van der Waals surface area contributed by atoms with Crippen molar-refractivity contribution in [3.8, 4) is 5.75 Å². The number of hydrogen-bond donors (Lipinski definition) is 3. The van der Waals surface area contributed by atoms with Crippen LogP contribution in [0.15, 0.2) is 24.3 Å². The second kappa shape index (κ2) is 6.97. The van der Waals surface area contributed by atoms with Crippen molar-refractivity contribution < 1.29 is 32.1 Å². The van der Waals surface area contributed by atoms with Gasteiger partial charge in [0.1, 0.15) is 5.75 Å². The van der Waals surface area contributed by atoms with Crippen molar-refractivity contribution in [3.63, 3.8) is 0 Å². The van der Waals surface area contributed by atoms with E-state index in [1.54, 1.807) is 38.1 Å². The first-order valence-corrected chi connectivity index (χ1v) is 9.20. The molecule has 1 atom stereocenters. The van der Waals surface area contributed by atoms with Gasteiger partial charge in [-0.15, -0.1) is 0 Å². The van der Waals surface area contributed by atoms with Gasteiger partial charge in [0.2, 0.25) is 5.79 Å². The average molecular weight is 360 g/mol. The third kappa shape index (κ3) is 5.15. The van der Waals surface area contributed by atoms with E-state index in [0.717, 1.165) is 18.4 Å². The Kier molecular flexibility index (Phi) is 5.56. The molecule has 0 aromatic heterocycles. The summed E-state index contributed by atoms with van der Waals surface area (Å²) in [4.78, 5) is 0. The zero-order valence-corrected chi connectivity index (χ0v) is 14.6. The number of ether oxygens (including phenoxy) is 1. The molecule has 1 aliphatic carbocycles. The Labute approximate surface area is 142 Å². The first-order valence-electron chi connectivity index (χ1n) is 7.83. The molecule has 0 heterocycles. The molecule has 0 bridgehead atoms. The lowest BCUT2D eigenvalue weighted by atomic mass is 9.86. The van der Waals surface area contributed by atoms with Crippen molar-refractivity contribution in [2.75, 3.05) is 6.61 Å². The van der Waals surface area contributed by atoms with Crippen LogP contribution < -0.4 is 4.74 Å². The van der Waals surface area contributed by atoms with Gasteiger partial charge in [0.25, 0.3) is 0 Å². The molecule has 1 fully saturated rings. The minimum atomic E-state index is -4.49. The van der Waals surface area contributed by atoms with Crippen LogP contribution in [0.3, 0.4) is 0 Å². The van der Waals surface area contributed by atoms with Crippen LogP contribution in [0.2, 0.25) is 0 Å². The monoisotopic (exact) mass is 360 g/mol. The highest BCUT2D eigenvalue weighted by Gasteiger charge is 2.38. The van der Waals surface area contributed by atoms with Crippen molar-refractivity contribution in [1.29, 1.82) is 0 Å². The first kappa shape index (κ1) is 19.1. The molecule has 1 aromatic rings. The maximum absolute atomic E-state index is 10.7. The summed E-state index contributed by atoms with van der Waals surface area (Å²) in [5.41, 5.74) is 0.151. The lowest BCUT2D eigenvalue weighted by molar-refractivity contribution is -0.232. The van der Waals surface area contributed by atoms with Crippen molar-refractivity contribution >= 4 is 10.4 Å². The van der Waals surface area contributed by atoms with Crippen molar-refractivity contribution in [2.24, 2.45) is 0 Å². The molecular weight excluding hydrogens is 336 g/mol. The lowest BCUT2D eigenvalue weighted by Crippen LogP contribution is -2.48. The van der Waals surface area contributed by atoms with Crippen LogP contribution >= 0.6 is 0 Å². The van der Waals surface area contributed by atoms with Crippen LogP contribution in [0.4, 0.5) is 0 Å². The van der Waals surface area contributed by atoms with E-state index in [9.17, 15) is 18.6 Å². The molecule has 0 spiro atoms. The fourth-order valence-corrected chi connectivity index (χ4v) is 3.16. The van der Waals surface area contributed by atoms with Gasteiger partial charge in [-0.1, -0.05) is 26.0 Å². The molecule has 0 radical (unpaired) electrons. The zero-order valence-electron chi connectivity index (χ0n) is 13.8. The third-order valence-corrected chi connectivity index (χ3v) is 4.68. The van der Waals surface area contributed by atoms with Gasteiger partial charge < -0.3 is 14.9 Å². The normalized spacial score (nSPS) is 21.5. The molecule has 7 nitrogen and oxygen atoms in total. The Morgan fingerprint density at radius 1 is 1.21 bits per heavy atom. The lowest BCUT2D eigenvalue weighted by Gasteiger charge is -2.35. The molecule has 1 saturated carbocycles. The van der Waals surface area contributed by atoms with Gasteiger partial charge in [0, 0.05) is 11.8 Å². The van der Waals surface area contributed by atoms with Gasteiger partial charge in [-0.25, -0.2) is 4.18 Å². The maximum atomic E-state index is 10.7. The van der Waals surface area contributed by atoms with E-state index in [4.69, 9.17) is 9.29 Å². The summed E-state index contributed by atoms with van der Waals surface area (Å²) in [7, 11) is -4.49. The van der Waals surface area contributed by atoms with E-state index in [2.05, 4.69) is 4.18 Å². The Morgan fingerprint density at radius 2 is 1.83 bits per heavy atom. The number of hydrogen-bond acceptors (Lipinski definition) is 6. The van der Waals surface area contributed by atoms with Gasteiger partial charge in [-0.3, -0.25) is 4.55 Å². The molecule has 24 heavy (non-hydrogen) atoms. The fourth-order valence-electron chi connectivity index (χ4n) is 2.71. The Morgan fingerprint density at radius 3 is 2.38 bits per heavy atom. The topological polar surface area (TPSA) is 113 Å². The van der Waals surface area contributed by atoms with E-state index in [1.165, 1.54) is 0 Å². The Bertz CT molecular complexity index is 650. The highest BCUT2D eigenvalue weighted by Crippen LogP contribution is 2.31. The minimum Gasteiger partial charge on any atom is -0.485 e. The van der Waals surface area contributed by atoms with E-state index < -0.39 is 27.7 Å². The summed E-state index contributed by atoms with van der Waals surface area (Å²) in [6.45, 7) is 3.36. The average Bonchev–Trinajstić information content (AvgIpc) is 2.47. The van der Waals surface area contributed by atoms with Gasteiger partial charge in [-0.05, 0) is 37.0 Å². The van der Waals surface area contributed by atoms with E-state index in [0.29, 0.717) is 12.2 Å². The highest BCUT2D eigenvalue weighted by molar-refractivity contribution is 7.80. The standard InChI is InChI=1S/C16H24O7S/c1-15(2,11-22-24(19,20)21)12-6-8-13(9-7-12)23-14-5-3-4-10-16(14,17)18/h6-9,14,17-18H,3-5,10-11H2,1-2H3,(H,19,20,21). The van der Waals surface area contributed by atoms with E-state index in [1.807, 2.05) is 0 Å². The van der Waals surface area contributed by atoms with Crippen LogP contribution in [0.1, 0.15) is 45.1 Å². The summed E-state index contributed by atoms with van der Waals surface area (Å²) in [5, 5.41) is 19.9. The van der Waals surface area contributed by atoms with Gasteiger partial charge >= 0.3 is 10.4 Å². The van der Waals surface area contributed by atoms with Gasteiger partial charge in [0.15, 0.2) is 6.10 Å². The zero-order chi connectivity index (χ0) is 18.0. The molecule has 0 saturated heterocycles. The number of rotatable bonds is 6. The second-order valence-corrected chi connectivity index (χ2v) is 7.92. The van der Waals surface area contributed by atoms with E-state index >= 15 is 0 Å². The summed E-state index contributed by atoms with van der Waals surface area (Å²) < 4.78 is 40.3. The highest BCUT2D eigenvalue weighted by atomic mass is 32.3. The summed E-state index contributed by atoms with van der Waals surface area (Å²) in [5.74, 6) is -1.32. The third-order valence-electron chi connectivity index (χ3n) is 4.26. The van der Waals surface area contributed by atoms with Crippen LogP contribution in [0.5, 0.6) is 5.75 Å². The summed E-state index contributed by atoms with van der Waals surface area (Å²) in [6.07, 6.45) is 1.82. The van der Waals surface area contributed by atoms with Crippen LogP contribution in [-0.4, -0.2) is 41.7 Å². The molecule has 0 amide bonds.